The second-order valence-corrected chi connectivity index (χ2v) is 7.65. The van der Waals surface area contributed by atoms with Crippen LogP contribution in [0.4, 0.5) is 18.9 Å². The number of halogens is 3. The van der Waals surface area contributed by atoms with Gasteiger partial charge in [-0.1, -0.05) is 12.1 Å². The maximum Gasteiger partial charge on any atom is 0.405 e. The van der Waals surface area contributed by atoms with Crippen molar-refractivity contribution in [2.75, 3.05) is 24.5 Å². The van der Waals surface area contributed by atoms with Gasteiger partial charge in [0.1, 0.15) is 12.6 Å². The Bertz CT molecular complexity index is 825. The highest BCUT2D eigenvalue weighted by atomic mass is 19.4. The molecule has 1 aromatic carbocycles. The van der Waals surface area contributed by atoms with Crippen LogP contribution in [0.2, 0.25) is 0 Å². The lowest BCUT2D eigenvalue weighted by molar-refractivity contribution is -0.146. The molecule has 0 saturated carbocycles. The van der Waals surface area contributed by atoms with Gasteiger partial charge in [0.2, 0.25) is 17.7 Å². The first-order chi connectivity index (χ1) is 13.6. The summed E-state index contributed by atoms with van der Waals surface area (Å²) in [5, 5.41) is 1.86. The van der Waals surface area contributed by atoms with Gasteiger partial charge in [-0.3, -0.25) is 14.4 Å². The average Bonchev–Trinajstić information content (AvgIpc) is 3.28. The fourth-order valence-corrected chi connectivity index (χ4v) is 3.98. The van der Waals surface area contributed by atoms with E-state index in [9.17, 15) is 27.6 Å². The van der Waals surface area contributed by atoms with Crippen LogP contribution >= 0.6 is 0 Å². The molecule has 0 spiro atoms. The molecule has 2 aliphatic rings. The van der Waals surface area contributed by atoms with Crippen LogP contribution in [0.5, 0.6) is 0 Å². The third kappa shape index (κ3) is 4.54. The van der Waals surface area contributed by atoms with Gasteiger partial charge in [0, 0.05) is 25.2 Å². The van der Waals surface area contributed by atoms with Gasteiger partial charge in [0.25, 0.3) is 0 Å². The Kier molecular flexibility index (Phi) is 5.86. The summed E-state index contributed by atoms with van der Waals surface area (Å²) < 4.78 is 37.1. The van der Waals surface area contributed by atoms with Crippen molar-refractivity contribution in [1.29, 1.82) is 0 Å². The summed E-state index contributed by atoms with van der Waals surface area (Å²) in [4.78, 5) is 40.6. The first-order valence-electron chi connectivity index (χ1n) is 9.60. The fraction of sp³-hybridized carbons (Fsp3) is 0.550. The van der Waals surface area contributed by atoms with Gasteiger partial charge in [-0.25, -0.2) is 0 Å². The van der Waals surface area contributed by atoms with Gasteiger partial charge in [-0.05, 0) is 43.9 Å². The minimum atomic E-state index is -4.51. The molecule has 3 amide bonds. The van der Waals surface area contributed by atoms with E-state index in [2.05, 4.69) is 0 Å². The van der Waals surface area contributed by atoms with Gasteiger partial charge in [-0.15, -0.1) is 0 Å². The molecule has 1 N–H and O–H groups in total. The number of nitrogens with zero attached hydrogens (tertiary/aromatic N) is 2. The zero-order valence-corrected chi connectivity index (χ0v) is 16.4. The molecule has 2 unspecified atom stereocenters. The molecule has 0 aliphatic carbocycles. The third-order valence-electron chi connectivity index (χ3n) is 5.64. The predicted octanol–water partition coefficient (Wildman–Crippen LogP) is 2.33. The molecule has 29 heavy (non-hydrogen) atoms. The molecule has 2 aliphatic heterocycles. The van der Waals surface area contributed by atoms with Gasteiger partial charge in [0.15, 0.2) is 0 Å². The highest BCUT2D eigenvalue weighted by Gasteiger charge is 2.42. The van der Waals surface area contributed by atoms with Crippen molar-refractivity contribution in [2.45, 2.75) is 45.3 Å². The quantitative estimate of drug-likeness (QED) is 0.827. The van der Waals surface area contributed by atoms with Crippen LogP contribution < -0.4 is 10.2 Å². The number of nitrogens with one attached hydrogen (secondary N) is 1. The van der Waals surface area contributed by atoms with Gasteiger partial charge < -0.3 is 15.1 Å². The lowest BCUT2D eigenvalue weighted by atomic mass is 10.1. The van der Waals surface area contributed by atoms with E-state index in [1.54, 1.807) is 4.90 Å². The summed E-state index contributed by atoms with van der Waals surface area (Å²) in [5.41, 5.74) is 2.75. The van der Waals surface area contributed by atoms with Gasteiger partial charge >= 0.3 is 6.18 Å². The van der Waals surface area contributed by atoms with E-state index >= 15 is 0 Å². The molecule has 3 rings (SSSR count). The fourth-order valence-electron chi connectivity index (χ4n) is 3.98. The SMILES string of the molecule is Cc1cccc(N2CC(C(=O)N3CCCC3C(=O)NCC(F)(F)F)CC2=O)c1C. The van der Waals surface area contributed by atoms with E-state index in [4.69, 9.17) is 0 Å². The Morgan fingerprint density at radius 1 is 1.24 bits per heavy atom. The zero-order chi connectivity index (χ0) is 21.3. The number of aryl methyl sites for hydroxylation is 1. The van der Waals surface area contributed by atoms with Crippen LogP contribution in [-0.4, -0.2) is 54.5 Å². The van der Waals surface area contributed by atoms with Crippen LogP contribution in [0.25, 0.3) is 0 Å². The van der Waals surface area contributed by atoms with Crippen LogP contribution in [0.3, 0.4) is 0 Å². The van der Waals surface area contributed by atoms with Crippen LogP contribution in [0.1, 0.15) is 30.4 Å². The normalized spacial score (nSPS) is 22.3. The van der Waals surface area contributed by atoms with Crippen LogP contribution in [-0.2, 0) is 14.4 Å². The maximum atomic E-state index is 13.0. The smallest absolute Gasteiger partial charge is 0.345 e. The standard InChI is InChI=1S/C20H24F3N3O3/c1-12-5-3-6-15(13(12)2)26-10-14(9-17(26)27)19(29)25-8-4-7-16(25)18(28)24-11-20(21,22)23/h3,5-6,14,16H,4,7-11H2,1-2H3,(H,24,28). The Labute approximate surface area is 167 Å². The summed E-state index contributed by atoms with van der Waals surface area (Å²) in [7, 11) is 0. The van der Waals surface area contributed by atoms with Crippen molar-refractivity contribution < 1.29 is 27.6 Å². The Morgan fingerprint density at radius 2 is 1.97 bits per heavy atom. The highest BCUT2D eigenvalue weighted by molar-refractivity contribution is 6.01. The number of hydrogen-bond donors (Lipinski definition) is 1. The van der Waals surface area contributed by atoms with Crippen molar-refractivity contribution in [2.24, 2.45) is 5.92 Å². The summed E-state index contributed by atoms with van der Waals surface area (Å²) in [5.74, 6) is -1.94. The first kappa shape index (κ1) is 21.1. The van der Waals surface area contributed by atoms with Crippen molar-refractivity contribution in [3.8, 4) is 0 Å². The number of rotatable bonds is 4. The lowest BCUT2D eigenvalue weighted by Gasteiger charge is -2.27. The topological polar surface area (TPSA) is 69.7 Å². The molecule has 158 valence electrons. The molecule has 2 atom stereocenters. The lowest BCUT2D eigenvalue weighted by Crippen LogP contribution is -2.49. The molecule has 2 saturated heterocycles. The second kappa shape index (κ2) is 8.04. The van der Waals surface area contributed by atoms with Crippen LogP contribution in [0, 0.1) is 19.8 Å². The summed E-state index contributed by atoms with van der Waals surface area (Å²) in [6, 6.07) is 4.70. The summed E-state index contributed by atoms with van der Waals surface area (Å²) >= 11 is 0. The van der Waals surface area contributed by atoms with Crippen molar-refractivity contribution >= 4 is 23.4 Å². The highest BCUT2D eigenvalue weighted by Crippen LogP contribution is 2.31. The molecule has 9 heteroatoms. The van der Waals surface area contributed by atoms with Crippen molar-refractivity contribution in [1.82, 2.24) is 10.2 Å². The first-order valence-corrected chi connectivity index (χ1v) is 9.60. The Morgan fingerprint density at radius 3 is 2.66 bits per heavy atom. The van der Waals surface area contributed by atoms with Crippen LogP contribution in [0.15, 0.2) is 18.2 Å². The van der Waals surface area contributed by atoms with Crippen molar-refractivity contribution in [3.05, 3.63) is 29.3 Å². The molecular weight excluding hydrogens is 387 g/mol. The van der Waals surface area contributed by atoms with E-state index in [1.165, 1.54) is 4.90 Å². The molecule has 0 bridgehead atoms. The number of likely N-dealkylation sites (tertiary alicyclic amines) is 1. The van der Waals surface area contributed by atoms with Gasteiger partial charge in [-0.2, -0.15) is 13.2 Å². The molecule has 6 nitrogen and oxygen atoms in total. The van der Waals surface area contributed by atoms with Gasteiger partial charge in [0.05, 0.1) is 5.92 Å². The number of carbonyl (C=O) groups is 3. The van der Waals surface area contributed by atoms with E-state index in [0.717, 1.165) is 16.8 Å². The van der Waals surface area contributed by atoms with E-state index < -0.39 is 30.6 Å². The number of amides is 3. The molecule has 2 heterocycles. The maximum absolute atomic E-state index is 13.0. The number of alkyl halides is 3. The largest absolute Gasteiger partial charge is 0.405 e. The van der Waals surface area contributed by atoms with E-state index in [0.29, 0.717) is 19.4 Å². The zero-order valence-electron chi connectivity index (χ0n) is 16.4. The molecule has 1 aromatic rings. The molecule has 2 fully saturated rings. The Balaban J connectivity index is 1.69. The van der Waals surface area contributed by atoms with E-state index in [1.807, 2.05) is 37.4 Å². The number of benzene rings is 1. The number of hydrogen-bond acceptors (Lipinski definition) is 3. The molecular formula is C20H24F3N3O3. The monoisotopic (exact) mass is 411 g/mol. The van der Waals surface area contributed by atoms with E-state index in [-0.39, 0.29) is 24.8 Å². The Hall–Kier alpha value is -2.58. The minimum Gasteiger partial charge on any atom is -0.345 e. The summed E-state index contributed by atoms with van der Waals surface area (Å²) in [6.45, 7) is 2.93. The van der Waals surface area contributed by atoms with Crippen molar-refractivity contribution in [3.63, 3.8) is 0 Å². The third-order valence-corrected chi connectivity index (χ3v) is 5.64. The second-order valence-electron chi connectivity index (χ2n) is 7.65. The molecule has 0 aromatic heterocycles. The predicted molar refractivity (Wildman–Crippen MR) is 100 cm³/mol. The minimum absolute atomic E-state index is 0.0274. The average molecular weight is 411 g/mol. The molecule has 0 radical (unpaired) electrons. The number of carbonyl (C=O) groups excluding carboxylic acids is 3. The summed E-state index contributed by atoms with van der Waals surface area (Å²) in [6.07, 6.45) is -3.62. The number of anilines is 1.